The Balaban J connectivity index is 1.51. The van der Waals surface area contributed by atoms with Crippen molar-refractivity contribution in [3.63, 3.8) is 0 Å². The fourth-order valence-electron chi connectivity index (χ4n) is 6.06. The molecule has 0 aliphatic carbocycles. The number of carbonyl (C=O) groups is 4. The molecule has 4 atom stereocenters. The van der Waals surface area contributed by atoms with Crippen molar-refractivity contribution in [3.8, 4) is 5.75 Å². The fraction of sp³-hybridized carbons (Fsp3) is 0.351. The summed E-state index contributed by atoms with van der Waals surface area (Å²) in [5.74, 6) is -1.66. The maximum atomic E-state index is 14.2. The van der Waals surface area contributed by atoms with Crippen molar-refractivity contribution < 1.29 is 46.6 Å². The summed E-state index contributed by atoms with van der Waals surface area (Å²) in [7, 11) is 1.50. The Morgan fingerprint density at radius 3 is 2.38 bits per heavy atom. The Labute approximate surface area is 287 Å². The van der Waals surface area contributed by atoms with Gasteiger partial charge < -0.3 is 24.4 Å². The van der Waals surface area contributed by atoms with E-state index in [1.807, 2.05) is 18.2 Å². The van der Waals surface area contributed by atoms with E-state index in [0.29, 0.717) is 11.3 Å². The maximum Gasteiger partial charge on any atom is 0.416 e. The molecule has 1 N–H and O–H groups in total. The second kappa shape index (κ2) is 14.7. The van der Waals surface area contributed by atoms with Crippen molar-refractivity contribution in [1.29, 1.82) is 0 Å². The van der Waals surface area contributed by atoms with E-state index in [4.69, 9.17) is 14.2 Å². The molecule has 2 fully saturated rings. The predicted octanol–water partition coefficient (Wildman–Crippen LogP) is 5.92. The van der Waals surface area contributed by atoms with Crippen LogP contribution in [0.4, 0.5) is 18.0 Å². The Morgan fingerprint density at radius 2 is 1.70 bits per heavy atom. The fourth-order valence-corrected chi connectivity index (χ4v) is 6.06. The van der Waals surface area contributed by atoms with Gasteiger partial charge in [0.05, 0.1) is 31.2 Å². The number of hydrogen-bond acceptors (Lipinski definition) is 7. The molecule has 3 aromatic rings. The molecule has 2 aliphatic rings. The van der Waals surface area contributed by atoms with E-state index in [1.54, 1.807) is 69.3 Å². The summed E-state index contributed by atoms with van der Waals surface area (Å²) in [6.07, 6.45) is -2.52. The predicted molar refractivity (Wildman–Crippen MR) is 176 cm³/mol. The van der Waals surface area contributed by atoms with Crippen LogP contribution in [-0.4, -0.2) is 71.1 Å². The van der Waals surface area contributed by atoms with Crippen molar-refractivity contribution in [2.45, 2.75) is 69.7 Å². The molecule has 0 spiro atoms. The summed E-state index contributed by atoms with van der Waals surface area (Å²) in [6.45, 7) is 4.64. The standard InChI is InChI=1S/C37H38F3N3O7/c1-36(2,3)50-31(44)20-28(33(45)41-21-23-11-10-15-26(19-23)37(38,39)40)42-27(18-17-25-14-8-9-16-30(25)48-4)32(34(42)46)43-29(22-49-35(43)47)24-12-6-5-7-13-24/h5-19,27-29,32H,20-22H2,1-4H3,(H,41,45)/t27?,28?,29-,32?/m1/s1. The van der Waals surface area contributed by atoms with Crippen LogP contribution in [0.3, 0.4) is 0 Å². The normalized spacial score (nSPS) is 19.9. The van der Waals surface area contributed by atoms with Gasteiger partial charge in [-0.3, -0.25) is 19.3 Å². The molecule has 3 aromatic carbocycles. The molecule has 0 aromatic heterocycles. The van der Waals surface area contributed by atoms with Crippen molar-refractivity contribution in [2.24, 2.45) is 0 Å². The van der Waals surface area contributed by atoms with Gasteiger partial charge in [-0.05, 0) is 50.1 Å². The van der Waals surface area contributed by atoms with Crippen molar-refractivity contribution in [2.75, 3.05) is 13.7 Å². The van der Waals surface area contributed by atoms with Crippen LogP contribution >= 0.6 is 0 Å². The van der Waals surface area contributed by atoms with Gasteiger partial charge >= 0.3 is 18.2 Å². The number of carbonyl (C=O) groups excluding carboxylic acids is 4. The number of nitrogens with zero attached hydrogens (tertiary/aromatic N) is 2. The molecule has 3 unspecified atom stereocenters. The van der Waals surface area contributed by atoms with Gasteiger partial charge in [0, 0.05) is 12.1 Å². The number of β-lactam (4-membered cyclic amide) rings is 1. The van der Waals surface area contributed by atoms with E-state index in [2.05, 4.69) is 5.32 Å². The minimum Gasteiger partial charge on any atom is -0.496 e. The Kier molecular flexibility index (Phi) is 10.5. The van der Waals surface area contributed by atoms with E-state index >= 15 is 0 Å². The number of benzene rings is 3. The number of para-hydroxylation sites is 1. The number of alkyl halides is 3. The third kappa shape index (κ3) is 8.10. The summed E-state index contributed by atoms with van der Waals surface area (Å²) in [5.41, 5.74) is -0.253. The number of ether oxygens (including phenoxy) is 3. The lowest BCUT2D eigenvalue weighted by Crippen LogP contribution is -2.74. The molecule has 2 aliphatic heterocycles. The number of cyclic esters (lactones) is 1. The highest BCUT2D eigenvalue weighted by molar-refractivity contribution is 5.99. The number of likely N-dealkylation sites (tertiary alicyclic amines) is 1. The summed E-state index contributed by atoms with van der Waals surface area (Å²) in [4.78, 5) is 57.0. The molecule has 264 valence electrons. The molecule has 3 amide bonds. The number of nitrogens with one attached hydrogen (secondary N) is 1. The second-order valence-corrected chi connectivity index (χ2v) is 12.9. The van der Waals surface area contributed by atoms with Crippen LogP contribution < -0.4 is 10.1 Å². The first-order valence-corrected chi connectivity index (χ1v) is 16.0. The van der Waals surface area contributed by atoms with E-state index < -0.39 is 71.8 Å². The minimum atomic E-state index is -4.59. The molecule has 10 nitrogen and oxygen atoms in total. The van der Waals surface area contributed by atoms with Gasteiger partial charge in [-0.2, -0.15) is 13.2 Å². The smallest absolute Gasteiger partial charge is 0.416 e. The van der Waals surface area contributed by atoms with E-state index in [9.17, 15) is 32.3 Å². The zero-order valence-electron chi connectivity index (χ0n) is 28.0. The van der Waals surface area contributed by atoms with Gasteiger partial charge in [-0.25, -0.2) is 4.79 Å². The van der Waals surface area contributed by atoms with Gasteiger partial charge in [0.15, 0.2) is 0 Å². The van der Waals surface area contributed by atoms with Crippen LogP contribution in [0.15, 0.2) is 84.9 Å². The van der Waals surface area contributed by atoms with Gasteiger partial charge in [-0.1, -0.05) is 72.8 Å². The van der Waals surface area contributed by atoms with Crippen LogP contribution in [-0.2, 0) is 36.6 Å². The molecule has 5 rings (SSSR count). The van der Waals surface area contributed by atoms with Crippen molar-refractivity contribution in [1.82, 2.24) is 15.1 Å². The average molecular weight is 694 g/mol. The van der Waals surface area contributed by atoms with Crippen LogP contribution in [0, 0.1) is 0 Å². The maximum absolute atomic E-state index is 14.2. The third-order valence-electron chi connectivity index (χ3n) is 8.30. The Bertz CT molecular complexity index is 1760. The summed E-state index contributed by atoms with van der Waals surface area (Å²) < 4.78 is 56.4. The lowest BCUT2D eigenvalue weighted by atomic mass is 9.87. The SMILES string of the molecule is COc1ccccc1C=CC1C(N2C(=O)OC[C@@H]2c2ccccc2)C(=O)N1C(CC(=O)OC(C)(C)C)C(=O)NCc1cccc(C(F)(F)F)c1. The highest BCUT2D eigenvalue weighted by Crippen LogP contribution is 2.39. The van der Waals surface area contributed by atoms with Crippen LogP contribution in [0.1, 0.15) is 55.5 Å². The lowest BCUT2D eigenvalue weighted by molar-refractivity contribution is -0.168. The zero-order valence-corrected chi connectivity index (χ0v) is 28.0. The van der Waals surface area contributed by atoms with E-state index in [1.165, 1.54) is 29.0 Å². The van der Waals surface area contributed by atoms with E-state index in [0.717, 1.165) is 17.7 Å². The third-order valence-corrected chi connectivity index (χ3v) is 8.30. The van der Waals surface area contributed by atoms with Crippen molar-refractivity contribution >= 4 is 30.0 Å². The molecule has 0 radical (unpaired) electrons. The lowest BCUT2D eigenvalue weighted by Gasteiger charge is -2.52. The monoisotopic (exact) mass is 693 g/mol. The molecule has 2 heterocycles. The first-order valence-electron chi connectivity index (χ1n) is 16.0. The number of hydrogen-bond donors (Lipinski definition) is 1. The first-order chi connectivity index (χ1) is 23.7. The number of halogens is 3. The molecule has 13 heteroatoms. The van der Waals surface area contributed by atoms with Crippen LogP contribution in [0.2, 0.25) is 0 Å². The number of esters is 1. The highest BCUT2D eigenvalue weighted by Gasteiger charge is 2.58. The molecule has 0 saturated carbocycles. The topological polar surface area (TPSA) is 114 Å². The summed E-state index contributed by atoms with van der Waals surface area (Å²) in [5, 5.41) is 2.60. The number of rotatable bonds is 11. The Morgan fingerprint density at radius 1 is 1.00 bits per heavy atom. The van der Waals surface area contributed by atoms with Gasteiger partial charge in [0.2, 0.25) is 11.8 Å². The molecule has 50 heavy (non-hydrogen) atoms. The zero-order chi connectivity index (χ0) is 36.2. The largest absolute Gasteiger partial charge is 0.496 e. The van der Waals surface area contributed by atoms with Crippen molar-refractivity contribution in [3.05, 3.63) is 107 Å². The van der Waals surface area contributed by atoms with Crippen LogP contribution in [0.25, 0.3) is 6.08 Å². The van der Waals surface area contributed by atoms with E-state index in [-0.39, 0.29) is 18.7 Å². The quantitative estimate of drug-likeness (QED) is 0.196. The molecular weight excluding hydrogens is 655 g/mol. The number of methoxy groups -OCH3 is 1. The summed E-state index contributed by atoms with van der Waals surface area (Å²) >= 11 is 0. The second-order valence-electron chi connectivity index (χ2n) is 12.9. The van der Waals surface area contributed by atoms with Crippen LogP contribution in [0.5, 0.6) is 5.75 Å². The van der Waals surface area contributed by atoms with Gasteiger partial charge in [-0.15, -0.1) is 0 Å². The highest BCUT2D eigenvalue weighted by atomic mass is 19.4. The summed E-state index contributed by atoms with van der Waals surface area (Å²) in [6, 6.07) is 16.5. The van der Waals surface area contributed by atoms with Gasteiger partial charge in [0.1, 0.15) is 30.0 Å². The average Bonchev–Trinajstić information content (AvgIpc) is 3.44. The first kappa shape index (κ1) is 36.0. The van der Waals surface area contributed by atoms with Gasteiger partial charge in [0.25, 0.3) is 0 Å². The molecule has 2 saturated heterocycles. The molecule has 0 bridgehead atoms. The minimum absolute atomic E-state index is 0.00557. The Hall–Kier alpha value is -5.33. The number of amides is 3. The molecular formula is C37H38F3N3O7.